The van der Waals surface area contributed by atoms with Gasteiger partial charge in [-0.3, -0.25) is 0 Å². The number of hydrogen-bond acceptors (Lipinski definition) is 4. The van der Waals surface area contributed by atoms with Crippen molar-refractivity contribution in [2.24, 2.45) is 0 Å². The summed E-state index contributed by atoms with van der Waals surface area (Å²) in [5, 5.41) is 9.55. The summed E-state index contributed by atoms with van der Waals surface area (Å²) >= 11 is 0. The Kier molecular flexibility index (Phi) is 5.27. The van der Waals surface area contributed by atoms with Crippen LogP contribution in [0.4, 0.5) is 0 Å². The van der Waals surface area contributed by atoms with Crippen molar-refractivity contribution in [2.45, 2.75) is 57.3 Å². The summed E-state index contributed by atoms with van der Waals surface area (Å²) in [5.41, 5.74) is 2.01. The van der Waals surface area contributed by atoms with Gasteiger partial charge in [-0.2, -0.15) is 0 Å². The molecule has 0 bridgehead atoms. The largest absolute Gasteiger partial charge is 0.494 e. The number of rotatable bonds is 9. The van der Waals surface area contributed by atoms with Gasteiger partial charge in [0.05, 0.1) is 19.3 Å². The standard InChI is InChI=1S/C23H26O5/c1-2-26-19-6-3-5-16(13-19)21-10-9-20(14-17(21)15-27-18-7-8-18)28-23(22(24)25)11-4-12-23/h3,5-6,9-10,13-14,18H,2,4,7-8,11-12,15H2,1H3,(H,24,25). The first-order chi connectivity index (χ1) is 13.6. The van der Waals surface area contributed by atoms with E-state index in [0.717, 1.165) is 41.7 Å². The quantitative estimate of drug-likeness (QED) is 0.674. The fourth-order valence-corrected chi connectivity index (χ4v) is 3.48. The van der Waals surface area contributed by atoms with Crippen molar-refractivity contribution >= 4 is 5.97 Å². The van der Waals surface area contributed by atoms with Gasteiger partial charge in [-0.05, 0) is 80.0 Å². The van der Waals surface area contributed by atoms with Crippen LogP contribution in [0.25, 0.3) is 11.1 Å². The van der Waals surface area contributed by atoms with E-state index in [1.165, 1.54) is 0 Å². The molecule has 0 unspecified atom stereocenters. The van der Waals surface area contributed by atoms with Crippen LogP contribution >= 0.6 is 0 Å². The predicted molar refractivity (Wildman–Crippen MR) is 106 cm³/mol. The Hall–Kier alpha value is -2.53. The third kappa shape index (κ3) is 3.99. The minimum Gasteiger partial charge on any atom is -0.494 e. The summed E-state index contributed by atoms with van der Waals surface area (Å²) in [6.45, 7) is 3.06. The molecular formula is C23H26O5. The van der Waals surface area contributed by atoms with Crippen LogP contribution in [0.1, 0.15) is 44.6 Å². The highest BCUT2D eigenvalue weighted by Gasteiger charge is 2.47. The molecule has 0 atom stereocenters. The van der Waals surface area contributed by atoms with Gasteiger partial charge < -0.3 is 19.3 Å². The van der Waals surface area contributed by atoms with Gasteiger partial charge in [-0.25, -0.2) is 4.79 Å². The Balaban J connectivity index is 1.63. The molecule has 148 valence electrons. The normalized spacial score (nSPS) is 17.6. The summed E-state index contributed by atoms with van der Waals surface area (Å²) < 4.78 is 17.5. The molecule has 0 aliphatic heterocycles. The SMILES string of the molecule is CCOc1cccc(-c2ccc(OC3(C(=O)O)CCC3)cc2COC2CC2)c1. The minimum absolute atomic E-state index is 0.337. The zero-order chi connectivity index (χ0) is 19.6. The van der Waals surface area contributed by atoms with Crippen LogP contribution in [-0.2, 0) is 16.1 Å². The number of aliphatic carboxylic acids is 1. The van der Waals surface area contributed by atoms with Gasteiger partial charge in [0.2, 0.25) is 5.60 Å². The van der Waals surface area contributed by atoms with E-state index in [2.05, 4.69) is 0 Å². The molecule has 5 heteroatoms. The average Bonchev–Trinajstić information content (AvgIpc) is 3.48. The predicted octanol–water partition coefficient (Wildman–Crippen LogP) is 4.82. The average molecular weight is 382 g/mol. The number of carboxylic acid groups (broad SMARTS) is 1. The Labute approximate surface area is 165 Å². The van der Waals surface area contributed by atoms with E-state index >= 15 is 0 Å². The van der Waals surface area contributed by atoms with E-state index in [-0.39, 0.29) is 0 Å². The van der Waals surface area contributed by atoms with E-state index in [1.54, 1.807) is 0 Å². The number of carboxylic acids is 1. The maximum absolute atomic E-state index is 11.6. The van der Waals surface area contributed by atoms with Crippen LogP contribution in [0, 0.1) is 0 Å². The van der Waals surface area contributed by atoms with E-state index in [0.29, 0.717) is 37.9 Å². The number of benzene rings is 2. The topological polar surface area (TPSA) is 65.0 Å². The molecular weight excluding hydrogens is 356 g/mol. The van der Waals surface area contributed by atoms with Crippen molar-refractivity contribution < 1.29 is 24.1 Å². The molecule has 28 heavy (non-hydrogen) atoms. The monoisotopic (exact) mass is 382 g/mol. The van der Waals surface area contributed by atoms with Crippen molar-refractivity contribution in [3.8, 4) is 22.6 Å². The minimum atomic E-state index is -1.08. The molecule has 2 aliphatic carbocycles. The lowest BCUT2D eigenvalue weighted by molar-refractivity contribution is -0.163. The molecule has 0 amide bonds. The van der Waals surface area contributed by atoms with E-state index in [9.17, 15) is 9.90 Å². The smallest absolute Gasteiger partial charge is 0.348 e. The van der Waals surface area contributed by atoms with Crippen LogP contribution in [0.5, 0.6) is 11.5 Å². The first kappa shape index (κ1) is 18.8. The van der Waals surface area contributed by atoms with Crippen LogP contribution in [0.2, 0.25) is 0 Å². The molecule has 1 N–H and O–H groups in total. The van der Waals surface area contributed by atoms with Crippen LogP contribution < -0.4 is 9.47 Å². The molecule has 4 rings (SSSR count). The third-order valence-corrected chi connectivity index (χ3v) is 5.40. The summed E-state index contributed by atoms with van der Waals surface area (Å²) in [7, 11) is 0. The van der Waals surface area contributed by atoms with Gasteiger partial charge >= 0.3 is 5.97 Å². The first-order valence-corrected chi connectivity index (χ1v) is 10.00. The van der Waals surface area contributed by atoms with E-state index in [1.807, 2.05) is 49.4 Å². The first-order valence-electron chi connectivity index (χ1n) is 10.00. The molecule has 5 nitrogen and oxygen atoms in total. The van der Waals surface area contributed by atoms with Crippen molar-refractivity contribution in [3.63, 3.8) is 0 Å². The molecule has 0 aromatic heterocycles. The maximum Gasteiger partial charge on any atom is 0.348 e. The van der Waals surface area contributed by atoms with Crippen molar-refractivity contribution in [1.29, 1.82) is 0 Å². The number of ether oxygens (including phenoxy) is 3. The molecule has 0 radical (unpaired) electrons. The summed E-state index contributed by atoms with van der Waals surface area (Å²) in [4.78, 5) is 11.6. The van der Waals surface area contributed by atoms with Gasteiger partial charge in [0.25, 0.3) is 0 Å². The fourth-order valence-electron chi connectivity index (χ4n) is 3.48. The maximum atomic E-state index is 11.6. The number of hydrogen-bond donors (Lipinski definition) is 1. The van der Waals surface area contributed by atoms with Gasteiger partial charge in [-0.15, -0.1) is 0 Å². The highest BCUT2D eigenvalue weighted by Crippen LogP contribution is 2.39. The molecule has 0 saturated heterocycles. The lowest BCUT2D eigenvalue weighted by Crippen LogP contribution is -2.50. The second-order valence-corrected chi connectivity index (χ2v) is 7.55. The molecule has 0 heterocycles. The summed E-state index contributed by atoms with van der Waals surface area (Å²) in [6, 6.07) is 13.7. The highest BCUT2D eigenvalue weighted by molar-refractivity contribution is 5.79. The van der Waals surface area contributed by atoms with Crippen LogP contribution in [0.15, 0.2) is 42.5 Å². The van der Waals surface area contributed by atoms with E-state index < -0.39 is 11.6 Å². The van der Waals surface area contributed by atoms with Gasteiger partial charge in [0.1, 0.15) is 11.5 Å². The zero-order valence-corrected chi connectivity index (χ0v) is 16.1. The summed E-state index contributed by atoms with van der Waals surface area (Å²) in [6.07, 6.45) is 4.53. The van der Waals surface area contributed by atoms with Crippen molar-refractivity contribution in [1.82, 2.24) is 0 Å². The van der Waals surface area contributed by atoms with Gasteiger partial charge in [0.15, 0.2) is 0 Å². The second-order valence-electron chi connectivity index (χ2n) is 7.55. The summed E-state index contributed by atoms with van der Waals surface area (Å²) in [5.74, 6) is 0.526. The van der Waals surface area contributed by atoms with Gasteiger partial charge in [-0.1, -0.05) is 18.2 Å². The third-order valence-electron chi connectivity index (χ3n) is 5.40. The lowest BCUT2D eigenvalue weighted by atomic mass is 9.80. The van der Waals surface area contributed by atoms with Crippen molar-refractivity contribution in [3.05, 3.63) is 48.0 Å². The Morgan fingerprint density at radius 1 is 1.14 bits per heavy atom. The highest BCUT2D eigenvalue weighted by atomic mass is 16.5. The second kappa shape index (κ2) is 7.84. The molecule has 2 aromatic carbocycles. The molecule has 0 spiro atoms. The fraction of sp³-hybridized carbons (Fsp3) is 0.435. The number of carbonyl (C=O) groups is 1. The lowest BCUT2D eigenvalue weighted by Gasteiger charge is -2.37. The Morgan fingerprint density at radius 2 is 1.96 bits per heavy atom. The van der Waals surface area contributed by atoms with Gasteiger partial charge in [0, 0.05) is 0 Å². The molecule has 2 aromatic rings. The Morgan fingerprint density at radius 3 is 2.61 bits per heavy atom. The zero-order valence-electron chi connectivity index (χ0n) is 16.1. The van der Waals surface area contributed by atoms with Crippen molar-refractivity contribution in [2.75, 3.05) is 6.61 Å². The van der Waals surface area contributed by atoms with Crippen LogP contribution in [0.3, 0.4) is 0 Å². The molecule has 2 fully saturated rings. The molecule has 2 aliphatic rings. The van der Waals surface area contributed by atoms with E-state index in [4.69, 9.17) is 14.2 Å². The Bertz CT molecular complexity index is 852. The van der Waals surface area contributed by atoms with Crippen LogP contribution in [-0.4, -0.2) is 29.4 Å². The molecule has 2 saturated carbocycles.